The van der Waals surface area contributed by atoms with Crippen LogP contribution in [0.5, 0.6) is 0 Å². The number of aromatic amines is 1. The summed E-state index contributed by atoms with van der Waals surface area (Å²) in [5, 5.41) is 9.75. The van der Waals surface area contributed by atoms with Crippen molar-refractivity contribution < 1.29 is 4.79 Å². The van der Waals surface area contributed by atoms with Gasteiger partial charge < -0.3 is 10.2 Å². The van der Waals surface area contributed by atoms with Crippen LogP contribution in [0.15, 0.2) is 6.33 Å². The molecule has 6 nitrogen and oxygen atoms in total. The minimum absolute atomic E-state index is 0.0574. The van der Waals surface area contributed by atoms with Gasteiger partial charge in [0.05, 0.1) is 0 Å². The van der Waals surface area contributed by atoms with E-state index in [9.17, 15) is 4.79 Å². The van der Waals surface area contributed by atoms with Crippen molar-refractivity contribution in [1.82, 2.24) is 25.4 Å². The van der Waals surface area contributed by atoms with E-state index in [0.717, 1.165) is 32.5 Å². The van der Waals surface area contributed by atoms with E-state index >= 15 is 0 Å². The maximum absolute atomic E-state index is 12.1. The first-order valence-corrected chi connectivity index (χ1v) is 6.19. The molecule has 0 spiro atoms. The van der Waals surface area contributed by atoms with Crippen molar-refractivity contribution in [2.24, 2.45) is 0 Å². The number of hydrogen-bond donors (Lipinski definition) is 2. The van der Waals surface area contributed by atoms with Crippen LogP contribution >= 0.6 is 0 Å². The van der Waals surface area contributed by atoms with Gasteiger partial charge >= 0.3 is 0 Å². The molecule has 0 aromatic carbocycles. The molecular formula is C11H19N5O. The number of H-pyrrole nitrogens is 1. The van der Waals surface area contributed by atoms with Gasteiger partial charge in [0.2, 0.25) is 5.82 Å². The van der Waals surface area contributed by atoms with Crippen molar-refractivity contribution in [1.29, 1.82) is 0 Å². The Morgan fingerprint density at radius 2 is 2.53 bits per heavy atom. The van der Waals surface area contributed by atoms with Crippen molar-refractivity contribution in [3.05, 3.63) is 12.2 Å². The zero-order valence-corrected chi connectivity index (χ0v) is 10.1. The fourth-order valence-electron chi connectivity index (χ4n) is 2.18. The molecule has 1 aliphatic heterocycles. The first-order chi connectivity index (χ1) is 8.31. The van der Waals surface area contributed by atoms with Gasteiger partial charge in [0.25, 0.3) is 5.91 Å². The quantitative estimate of drug-likeness (QED) is 0.778. The highest BCUT2D eigenvalue weighted by Crippen LogP contribution is 2.09. The molecule has 1 aliphatic rings. The van der Waals surface area contributed by atoms with Crippen molar-refractivity contribution in [2.45, 2.75) is 32.2 Å². The summed E-state index contributed by atoms with van der Waals surface area (Å²) in [4.78, 5) is 17.9. The van der Waals surface area contributed by atoms with Crippen molar-refractivity contribution in [3.8, 4) is 0 Å². The second-order valence-corrected chi connectivity index (χ2v) is 4.38. The Morgan fingerprint density at radius 1 is 1.65 bits per heavy atom. The minimum atomic E-state index is -0.0574. The summed E-state index contributed by atoms with van der Waals surface area (Å²) in [6.07, 6.45) is 4.66. The summed E-state index contributed by atoms with van der Waals surface area (Å²) in [6, 6.07) is 0.424. The first kappa shape index (κ1) is 12.0. The molecule has 0 saturated carbocycles. The van der Waals surface area contributed by atoms with Gasteiger partial charge in [0, 0.05) is 19.1 Å². The van der Waals surface area contributed by atoms with Crippen molar-refractivity contribution in [2.75, 3.05) is 19.6 Å². The minimum Gasteiger partial charge on any atom is -0.334 e. The van der Waals surface area contributed by atoms with E-state index in [2.05, 4.69) is 27.4 Å². The lowest BCUT2D eigenvalue weighted by Gasteiger charge is -2.24. The normalized spacial score (nSPS) is 19.5. The van der Waals surface area contributed by atoms with Crippen LogP contribution in [0.2, 0.25) is 0 Å². The summed E-state index contributed by atoms with van der Waals surface area (Å²) in [5.41, 5.74) is 0. The summed E-state index contributed by atoms with van der Waals surface area (Å²) >= 11 is 0. The number of amides is 1. The Balaban J connectivity index is 1.98. The van der Waals surface area contributed by atoms with Gasteiger partial charge in [-0.25, -0.2) is 4.98 Å². The first-order valence-electron chi connectivity index (χ1n) is 6.19. The lowest BCUT2D eigenvalue weighted by atomic mass is 10.2. The van der Waals surface area contributed by atoms with E-state index in [1.54, 1.807) is 0 Å². The van der Waals surface area contributed by atoms with Gasteiger partial charge in [-0.15, -0.1) is 0 Å². The van der Waals surface area contributed by atoms with E-state index in [-0.39, 0.29) is 5.91 Å². The van der Waals surface area contributed by atoms with Gasteiger partial charge in [0.1, 0.15) is 6.33 Å². The van der Waals surface area contributed by atoms with Gasteiger partial charge in [-0.2, -0.15) is 5.10 Å². The van der Waals surface area contributed by atoms with Gasteiger partial charge in [-0.05, 0) is 25.8 Å². The van der Waals surface area contributed by atoms with Crippen LogP contribution in [0.4, 0.5) is 0 Å². The lowest BCUT2D eigenvalue weighted by molar-refractivity contribution is 0.0730. The molecule has 94 valence electrons. The summed E-state index contributed by atoms with van der Waals surface area (Å²) in [6.45, 7) is 4.65. The van der Waals surface area contributed by atoms with E-state index in [4.69, 9.17) is 0 Å². The average Bonchev–Trinajstić information content (AvgIpc) is 3.00. The van der Waals surface area contributed by atoms with Gasteiger partial charge in [-0.1, -0.05) is 6.92 Å². The fourth-order valence-corrected chi connectivity index (χ4v) is 2.18. The van der Waals surface area contributed by atoms with E-state index in [0.29, 0.717) is 11.9 Å². The second kappa shape index (κ2) is 5.77. The third kappa shape index (κ3) is 3.03. The SMILES string of the molecule is CCCN(CC1CCCN1)C(=O)c1ncn[nH]1. The predicted octanol–water partition coefficient (Wildman–Crippen LogP) is 0.409. The maximum Gasteiger partial charge on any atom is 0.291 e. The highest BCUT2D eigenvalue weighted by Gasteiger charge is 2.23. The fraction of sp³-hybridized carbons (Fsp3) is 0.727. The third-order valence-corrected chi connectivity index (χ3v) is 3.00. The standard InChI is InChI=1S/C11H19N5O/c1-2-6-16(7-9-4-3-5-12-9)11(17)10-13-8-14-15-10/h8-9,12H,2-7H2,1H3,(H,13,14,15). The number of carbonyl (C=O) groups excluding carboxylic acids is 1. The Labute approximate surface area is 101 Å². The molecule has 2 rings (SSSR count). The molecule has 1 unspecified atom stereocenters. The molecule has 6 heteroatoms. The molecule has 0 aliphatic carbocycles. The third-order valence-electron chi connectivity index (χ3n) is 3.00. The van der Waals surface area contributed by atoms with Crippen LogP contribution in [0.25, 0.3) is 0 Å². The summed E-state index contributed by atoms with van der Waals surface area (Å²) in [7, 11) is 0. The topological polar surface area (TPSA) is 73.9 Å². The van der Waals surface area contributed by atoms with E-state index < -0.39 is 0 Å². The number of hydrogen-bond acceptors (Lipinski definition) is 4. The molecule has 1 atom stereocenters. The predicted molar refractivity (Wildman–Crippen MR) is 63.6 cm³/mol. The Kier molecular flexibility index (Phi) is 4.08. The van der Waals surface area contributed by atoms with Crippen LogP contribution in [-0.4, -0.2) is 51.7 Å². The molecule has 1 aromatic heterocycles. The average molecular weight is 237 g/mol. The number of nitrogens with one attached hydrogen (secondary N) is 2. The van der Waals surface area contributed by atoms with Crippen LogP contribution < -0.4 is 5.32 Å². The Morgan fingerprint density at radius 3 is 3.12 bits per heavy atom. The molecule has 2 N–H and O–H groups in total. The molecule has 0 radical (unpaired) electrons. The molecule has 1 amide bonds. The van der Waals surface area contributed by atoms with Crippen LogP contribution in [0, 0.1) is 0 Å². The van der Waals surface area contributed by atoms with Crippen LogP contribution in [0.1, 0.15) is 36.8 Å². The molecular weight excluding hydrogens is 218 g/mol. The maximum atomic E-state index is 12.1. The number of carbonyl (C=O) groups is 1. The molecule has 1 aromatic rings. The number of rotatable bonds is 5. The molecule has 1 fully saturated rings. The second-order valence-electron chi connectivity index (χ2n) is 4.38. The van der Waals surface area contributed by atoms with Crippen LogP contribution in [-0.2, 0) is 0 Å². The zero-order chi connectivity index (χ0) is 12.1. The molecule has 0 bridgehead atoms. The summed E-state index contributed by atoms with van der Waals surface area (Å²) < 4.78 is 0. The van der Waals surface area contributed by atoms with E-state index in [1.165, 1.54) is 12.7 Å². The van der Waals surface area contributed by atoms with Crippen molar-refractivity contribution >= 4 is 5.91 Å². The van der Waals surface area contributed by atoms with Crippen LogP contribution in [0.3, 0.4) is 0 Å². The monoisotopic (exact) mass is 237 g/mol. The van der Waals surface area contributed by atoms with Gasteiger partial charge in [0.15, 0.2) is 0 Å². The smallest absolute Gasteiger partial charge is 0.291 e. The van der Waals surface area contributed by atoms with Crippen molar-refractivity contribution in [3.63, 3.8) is 0 Å². The number of nitrogens with zero attached hydrogens (tertiary/aromatic N) is 3. The zero-order valence-electron chi connectivity index (χ0n) is 10.1. The number of aromatic nitrogens is 3. The largest absolute Gasteiger partial charge is 0.334 e. The van der Waals surface area contributed by atoms with E-state index in [1.807, 2.05) is 4.90 Å². The van der Waals surface area contributed by atoms with Gasteiger partial charge in [-0.3, -0.25) is 9.89 Å². The summed E-state index contributed by atoms with van der Waals surface area (Å²) in [5.74, 6) is 0.273. The highest BCUT2D eigenvalue weighted by molar-refractivity contribution is 5.90. The Bertz CT molecular complexity index is 345. The molecule has 2 heterocycles. The lowest BCUT2D eigenvalue weighted by Crippen LogP contribution is -2.41. The Hall–Kier alpha value is -1.43. The molecule has 17 heavy (non-hydrogen) atoms. The molecule has 1 saturated heterocycles. The highest BCUT2D eigenvalue weighted by atomic mass is 16.2.